The smallest absolute Gasteiger partial charge is 0.325 e. The quantitative estimate of drug-likeness (QED) is 0.0978. The minimum absolute atomic E-state index is 0.0361. The van der Waals surface area contributed by atoms with Gasteiger partial charge in [0, 0.05) is 0 Å². The topological polar surface area (TPSA) is 292 Å². The van der Waals surface area contributed by atoms with Crippen molar-refractivity contribution in [3.8, 4) is 0 Å². The molecule has 3 fully saturated rings. The lowest BCUT2D eigenvalue weighted by Gasteiger charge is -2.28. The predicted octanol–water partition coefficient (Wildman–Crippen LogP) is -2.05. The van der Waals surface area contributed by atoms with Crippen molar-refractivity contribution in [2.45, 2.75) is 49.1 Å². The Morgan fingerprint density at radius 3 is 2.40 bits per heavy atom. The number of nitrogens with zero attached hydrogens (tertiary/aromatic N) is 7. The molecule has 0 amide bonds. The van der Waals surface area contributed by atoms with Gasteiger partial charge in [-0.1, -0.05) is 0 Å². The molecule has 3 aliphatic rings. The fourth-order valence-corrected chi connectivity index (χ4v) is 7.75. The zero-order valence-corrected chi connectivity index (χ0v) is 25.1. The van der Waals surface area contributed by atoms with Crippen molar-refractivity contribution in [2.75, 3.05) is 24.7 Å². The lowest BCUT2D eigenvalue weighted by molar-refractivity contribution is -0.0595. The number of H-pyrrole nitrogens is 1. The number of nitrogen functional groups attached to an aromatic ring is 2. The number of hydrogen-bond donors (Lipinski definition) is 6. The van der Waals surface area contributed by atoms with Gasteiger partial charge >= 0.3 is 6.72 Å². The van der Waals surface area contributed by atoms with Gasteiger partial charge in [-0.05, 0) is 11.8 Å². The second-order valence-corrected chi connectivity index (χ2v) is 14.5. The highest BCUT2D eigenvalue weighted by Gasteiger charge is 2.52. The SMILES string of the molecule is [B]P1(=O)OCC2OC(n3cnc4c(=O)[nH]c(N)nc43)C(OP(O)(=S)OCC3OC(n4cnc5c(N)ncnc54)C(O)C3O1)C2O. The molecule has 0 aliphatic carbocycles. The summed E-state index contributed by atoms with van der Waals surface area (Å²) in [5, 5.41) is 22.4. The van der Waals surface area contributed by atoms with Gasteiger partial charge in [-0.15, -0.1) is 0 Å². The molecule has 45 heavy (non-hydrogen) atoms. The third-order valence-electron chi connectivity index (χ3n) is 7.35. The molecule has 2 radical (unpaired) electrons. The number of imidazole rings is 2. The second kappa shape index (κ2) is 11.1. The van der Waals surface area contributed by atoms with Crippen molar-refractivity contribution in [3.63, 3.8) is 0 Å². The number of nitrogens with two attached hydrogens (primary N) is 2. The molecule has 25 heteroatoms. The number of aliphatic hydroxyl groups is 2. The molecule has 4 aromatic rings. The van der Waals surface area contributed by atoms with Crippen LogP contribution in [0.25, 0.3) is 22.3 Å². The fourth-order valence-electron chi connectivity index (χ4n) is 5.32. The Bertz CT molecular complexity index is 1950. The Labute approximate surface area is 256 Å². The maximum Gasteiger partial charge on any atom is 0.325 e. The summed E-state index contributed by atoms with van der Waals surface area (Å²) in [5.41, 5.74) is 11.2. The first-order chi connectivity index (χ1) is 21.3. The van der Waals surface area contributed by atoms with Crippen LogP contribution in [-0.2, 0) is 43.9 Å². The number of aromatic nitrogens is 8. The van der Waals surface area contributed by atoms with E-state index in [4.69, 9.17) is 58.4 Å². The van der Waals surface area contributed by atoms with E-state index in [2.05, 4.69) is 29.9 Å². The van der Waals surface area contributed by atoms with Gasteiger partial charge in [0.05, 0.1) is 25.9 Å². The Kier molecular flexibility index (Phi) is 7.59. The van der Waals surface area contributed by atoms with Gasteiger partial charge in [-0.25, -0.2) is 19.9 Å². The molecule has 2 bridgehead atoms. The van der Waals surface area contributed by atoms with Crippen molar-refractivity contribution in [2.24, 2.45) is 0 Å². The summed E-state index contributed by atoms with van der Waals surface area (Å²) in [6, 6.07) is 0. The Morgan fingerprint density at radius 2 is 1.62 bits per heavy atom. The minimum Gasteiger partial charge on any atom is -0.387 e. The van der Waals surface area contributed by atoms with Crippen LogP contribution in [0.5, 0.6) is 0 Å². The van der Waals surface area contributed by atoms with E-state index in [-0.39, 0.29) is 34.1 Å². The van der Waals surface area contributed by atoms with Gasteiger partial charge < -0.3 is 49.6 Å². The average Bonchev–Trinajstić information content (AvgIpc) is 3.72. The second-order valence-electron chi connectivity index (χ2n) is 10.2. The van der Waals surface area contributed by atoms with E-state index >= 15 is 0 Å². The van der Waals surface area contributed by atoms with Crippen molar-refractivity contribution < 1.29 is 47.2 Å². The summed E-state index contributed by atoms with van der Waals surface area (Å²) in [6.45, 7) is -5.45. The maximum absolute atomic E-state index is 13.3. The van der Waals surface area contributed by atoms with Crippen LogP contribution in [0.3, 0.4) is 0 Å². The Balaban J connectivity index is 1.21. The summed E-state index contributed by atoms with van der Waals surface area (Å²) >= 11 is 5.24. The molecule has 0 aromatic carbocycles. The summed E-state index contributed by atoms with van der Waals surface area (Å²) in [7, 11) is 1.38. The number of hydrogen-bond acceptors (Lipinski definition) is 18. The highest BCUT2D eigenvalue weighted by molar-refractivity contribution is 8.07. The van der Waals surface area contributed by atoms with Crippen molar-refractivity contribution >= 4 is 67.7 Å². The van der Waals surface area contributed by atoms with Crippen LogP contribution in [0.4, 0.5) is 11.8 Å². The summed E-state index contributed by atoms with van der Waals surface area (Å²) < 4.78 is 50.0. The molecule has 7 rings (SSSR count). The molecule has 8 N–H and O–H groups in total. The number of aromatic amines is 1. The molecule has 7 heterocycles. The average molecular weight is 684 g/mol. The van der Waals surface area contributed by atoms with E-state index in [0.29, 0.717) is 0 Å². The molecular formula is C20H23BN10O11P2S. The summed E-state index contributed by atoms with van der Waals surface area (Å²) in [5.74, 6) is -0.145. The first-order valence-electron chi connectivity index (χ1n) is 13.0. The largest absolute Gasteiger partial charge is 0.387 e. The first-order valence-corrected chi connectivity index (χ1v) is 17.2. The van der Waals surface area contributed by atoms with E-state index in [1.807, 2.05) is 0 Å². The number of ether oxygens (including phenoxy) is 2. The van der Waals surface area contributed by atoms with Gasteiger partial charge in [-0.3, -0.25) is 28.0 Å². The minimum atomic E-state index is -4.51. The van der Waals surface area contributed by atoms with Crippen molar-refractivity contribution in [3.05, 3.63) is 29.3 Å². The van der Waals surface area contributed by atoms with Gasteiger partial charge in [-0.2, -0.15) is 4.98 Å². The van der Waals surface area contributed by atoms with Crippen molar-refractivity contribution in [1.82, 2.24) is 39.0 Å². The number of nitrogens with one attached hydrogen (secondary N) is 1. The number of aliphatic hydroxyl groups excluding tert-OH is 2. The maximum atomic E-state index is 13.3. The predicted molar refractivity (Wildman–Crippen MR) is 154 cm³/mol. The standard InChI is InChI=1S/C20H23BN10O11P2S/c21-43(35)37-1-6-10(32)13(19(39-6)31-5-27-9-16(31)28-20(23)29-17(9)34)42-44(36,45)38-2-7-12(41-43)11(33)18(40-7)30-4-26-8-14(22)24-3-25-15(8)30/h3-7,10-13,18-19,32-33H,1-2H2,(H,36,45)(H2,22,24,25)(H3,23,28,29,34). The van der Waals surface area contributed by atoms with E-state index in [0.717, 1.165) is 0 Å². The van der Waals surface area contributed by atoms with E-state index in [9.17, 15) is 24.5 Å². The first kappa shape index (κ1) is 30.7. The molecule has 0 saturated carbocycles. The lowest BCUT2D eigenvalue weighted by Crippen LogP contribution is -2.36. The normalized spacial score (nSPS) is 37.7. The molecule has 10 unspecified atom stereocenters. The monoisotopic (exact) mass is 684 g/mol. The van der Waals surface area contributed by atoms with Crippen LogP contribution >= 0.6 is 14.2 Å². The van der Waals surface area contributed by atoms with E-state index in [1.54, 1.807) is 0 Å². The zero-order valence-electron chi connectivity index (χ0n) is 22.5. The van der Waals surface area contributed by atoms with Gasteiger partial charge in [0.15, 0.2) is 35.1 Å². The highest BCUT2D eigenvalue weighted by atomic mass is 32.5. The third kappa shape index (κ3) is 5.47. The molecule has 21 nitrogen and oxygen atoms in total. The summed E-state index contributed by atoms with van der Waals surface area (Å²) in [4.78, 5) is 46.0. The number of rotatable bonds is 2. The lowest BCUT2D eigenvalue weighted by atomic mass is 10.1. The number of anilines is 2. The molecule has 238 valence electrons. The number of fused-ring (bicyclic) bond motifs is 5. The van der Waals surface area contributed by atoms with Crippen LogP contribution < -0.4 is 17.0 Å². The molecule has 0 spiro atoms. The molecular weight excluding hydrogens is 661 g/mol. The third-order valence-corrected chi connectivity index (χ3v) is 9.96. The van der Waals surface area contributed by atoms with Crippen LogP contribution in [0.2, 0.25) is 0 Å². The molecule has 3 saturated heterocycles. The molecule has 4 aromatic heterocycles. The fraction of sp³-hybridized carbons (Fsp3) is 0.500. The van der Waals surface area contributed by atoms with Gasteiger partial charge in [0.2, 0.25) is 13.5 Å². The van der Waals surface area contributed by atoms with Gasteiger partial charge in [0.1, 0.15) is 48.5 Å². The highest BCUT2D eigenvalue weighted by Crippen LogP contribution is 2.53. The molecule has 3 aliphatic heterocycles. The Morgan fingerprint density at radius 1 is 0.933 bits per heavy atom. The van der Waals surface area contributed by atoms with Crippen LogP contribution in [0, 0.1) is 0 Å². The summed E-state index contributed by atoms with van der Waals surface area (Å²) in [6.07, 6.45) is -7.51. The molecule has 10 atom stereocenters. The van der Waals surface area contributed by atoms with Crippen LogP contribution in [0.15, 0.2) is 23.8 Å². The Hall–Kier alpha value is -2.92. The van der Waals surface area contributed by atoms with Gasteiger partial charge in [0.25, 0.3) is 13.0 Å². The van der Waals surface area contributed by atoms with Crippen LogP contribution in [-0.4, -0.2) is 112 Å². The van der Waals surface area contributed by atoms with E-state index in [1.165, 1.54) is 28.1 Å². The zero-order chi connectivity index (χ0) is 31.8. The van der Waals surface area contributed by atoms with Crippen molar-refractivity contribution in [1.29, 1.82) is 0 Å². The van der Waals surface area contributed by atoms with Crippen LogP contribution in [0.1, 0.15) is 12.5 Å². The van der Waals surface area contributed by atoms with E-state index < -0.39 is 82.0 Å².